The van der Waals surface area contributed by atoms with Gasteiger partial charge in [0.2, 0.25) is 0 Å². The van der Waals surface area contributed by atoms with Crippen molar-refractivity contribution in [3.63, 3.8) is 0 Å². The highest BCUT2D eigenvalue weighted by atomic mass is 32.2. The Morgan fingerprint density at radius 3 is 2.44 bits per heavy atom. The van der Waals surface area contributed by atoms with E-state index < -0.39 is 4.92 Å². The fraction of sp³-hybridized carbons (Fsp3) is 0.185. The minimum absolute atomic E-state index is 0.188. The number of amidine groups is 1. The predicted octanol–water partition coefficient (Wildman–Crippen LogP) is 6.11. The molecular formula is C27H25N3O5S. The minimum atomic E-state index is -0.496. The van der Waals surface area contributed by atoms with E-state index in [-0.39, 0.29) is 29.5 Å². The lowest BCUT2D eigenvalue weighted by molar-refractivity contribution is -0.385. The minimum Gasteiger partial charge on any atom is -0.493 e. The highest BCUT2D eigenvalue weighted by molar-refractivity contribution is 8.18. The van der Waals surface area contributed by atoms with Crippen molar-refractivity contribution in [1.82, 2.24) is 4.90 Å². The van der Waals surface area contributed by atoms with Gasteiger partial charge in [-0.1, -0.05) is 48.0 Å². The molecule has 1 saturated heterocycles. The highest BCUT2D eigenvalue weighted by Gasteiger charge is 2.33. The molecule has 1 amide bonds. The van der Waals surface area contributed by atoms with E-state index >= 15 is 0 Å². The van der Waals surface area contributed by atoms with Crippen molar-refractivity contribution in [2.24, 2.45) is 4.99 Å². The monoisotopic (exact) mass is 503 g/mol. The fourth-order valence-corrected chi connectivity index (χ4v) is 4.64. The molecule has 0 aliphatic carbocycles. The van der Waals surface area contributed by atoms with Gasteiger partial charge in [-0.25, -0.2) is 4.99 Å². The highest BCUT2D eigenvalue weighted by Crippen LogP contribution is 2.39. The van der Waals surface area contributed by atoms with Gasteiger partial charge in [-0.3, -0.25) is 19.8 Å². The van der Waals surface area contributed by atoms with Gasteiger partial charge in [-0.2, -0.15) is 0 Å². The number of carbonyl (C=O) groups excluding carboxylic acids is 1. The second kappa shape index (κ2) is 11.1. The summed E-state index contributed by atoms with van der Waals surface area (Å²) >= 11 is 1.18. The summed E-state index contributed by atoms with van der Waals surface area (Å²) in [5.74, 6) is 0.322. The van der Waals surface area contributed by atoms with Crippen LogP contribution >= 0.6 is 11.8 Å². The number of likely N-dealkylation sites (N-methyl/N-ethyl adjacent to an activating group) is 1. The number of thioether (sulfide) groups is 1. The average Bonchev–Trinajstić information content (AvgIpc) is 3.18. The predicted molar refractivity (Wildman–Crippen MR) is 142 cm³/mol. The van der Waals surface area contributed by atoms with Gasteiger partial charge in [0.05, 0.1) is 34.3 Å². The number of nitro benzene ring substituents is 1. The topological polar surface area (TPSA) is 94.3 Å². The maximum atomic E-state index is 13.1. The van der Waals surface area contributed by atoms with Crippen LogP contribution < -0.4 is 9.47 Å². The molecule has 3 aromatic rings. The molecule has 1 fully saturated rings. The van der Waals surface area contributed by atoms with E-state index in [4.69, 9.17) is 9.47 Å². The summed E-state index contributed by atoms with van der Waals surface area (Å²) in [6.07, 6.45) is 1.51. The summed E-state index contributed by atoms with van der Waals surface area (Å²) in [4.78, 5) is 31.0. The normalized spacial score (nSPS) is 15.5. The number of benzene rings is 3. The average molecular weight is 504 g/mol. The Bertz CT molecular complexity index is 1340. The van der Waals surface area contributed by atoms with Gasteiger partial charge < -0.3 is 9.47 Å². The first-order valence-electron chi connectivity index (χ1n) is 11.3. The van der Waals surface area contributed by atoms with Crippen molar-refractivity contribution in [1.29, 1.82) is 0 Å². The fourth-order valence-electron chi connectivity index (χ4n) is 3.59. The molecule has 0 spiro atoms. The summed E-state index contributed by atoms with van der Waals surface area (Å²) in [5, 5.41) is 12.4. The molecule has 1 aliphatic rings. The molecule has 0 bridgehead atoms. The number of aryl methyl sites for hydroxylation is 1. The lowest BCUT2D eigenvalue weighted by atomic mass is 10.1. The maximum absolute atomic E-state index is 13.1. The molecule has 9 heteroatoms. The van der Waals surface area contributed by atoms with Crippen molar-refractivity contribution in [3.05, 3.63) is 98.4 Å². The van der Waals surface area contributed by atoms with E-state index in [0.717, 1.165) is 16.8 Å². The van der Waals surface area contributed by atoms with Crippen LogP contribution in [0.4, 0.5) is 11.4 Å². The molecule has 184 valence electrons. The van der Waals surface area contributed by atoms with Crippen LogP contribution in [0.15, 0.2) is 76.6 Å². The number of carbonyl (C=O) groups is 1. The zero-order valence-electron chi connectivity index (χ0n) is 20.1. The van der Waals surface area contributed by atoms with E-state index in [9.17, 15) is 14.9 Å². The van der Waals surface area contributed by atoms with Gasteiger partial charge in [-0.05, 0) is 55.4 Å². The second-order valence-corrected chi connectivity index (χ2v) is 8.99. The van der Waals surface area contributed by atoms with Gasteiger partial charge in [-0.15, -0.1) is 0 Å². The lowest BCUT2D eigenvalue weighted by Gasteiger charge is -2.12. The number of hydrogen-bond donors (Lipinski definition) is 0. The van der Waals surface area contributed by atoms with Crippen molar-refractivity contribution in [3.8, 4) is 11.5 Å². The van der Waals surface area contributed by atoms with Crippen molar-refractivity contribution in [2.45, 2.75) is 20.5 Å². The summed E-state index contributed by atoms with van der Waals surface area (Å²) in [6.45, 7) is 4.50. The molecule has 36 heavy (non-hydrogen) atoms. The third kappa shape index (κ3) is 5.58. The number of rotatable bonds is 8. The Labute approximate surface area is 213 Å². The first-order valence-corrected chi connectivity index (χ1v) is 12.1. The van der Waals surface area contributed by atoms with Crippen LogP contribution in [0.2, 0.25) is 0 Å². The molecule has 0 N–H and O–H groups in total. The molecule has 4 rings (SSSR count). The molecule has 0 aromatic heterocycles. The smallest absolute Gasteiger partial charge is 0.280 e. The molecule has 0 saturated carbocycles. The number of hydrogen-bond acceptors (Lipinski definition) is 7. The largest absolute Gasteiger partial charge is 0.493 e. The third-order valence-electron chi connectivity index (χ3n) is 5.50. The van der Waals surface area contributed by atoms with Gasteiger partial charge in [0.25, 0.3) is 11.6 Å². The Kier molecular flexibility index (Phi) is 7.70. The summed E-state index contributed by atoms with van der Waals surface area (Å²) in [5.41, 5.74) is 2.81. The molecule has 0 atom stereocenters. The molecule has 0 radical (unpaired) electrons. The Balaban J connectivity index is 1.67. The molecule has 1 aliphatic heterocycles. The number of amides is 1. The van der Waals surface area contributed by atoms with Crippen molar-refractivity contribution < 1.29 is 19.2 Å². The van der Waals surface area contributed by atoms with Crippen LogP contribution in [0.5, 0.6) is 11.5 Å². The molecule has 1 heterocycles. The Hall–Kier alpha value is -4.11. The van der Waals surface area contributed by atoms with E-state index in [1.807, 2.05) is 68.4 Å². The number of nitrogens with zero attached hydrogens (tertiary/aromatic N) is 3. The van der Waals surface area contributed by atoms with Crippen LogP contribution in [-0.4, -0.2) is 34.6 Å². The van der Waals surface area contributed by atoms with Gasteiger partial charge >= 0.3 is 0 Å². The Morgan fingerprint density at radius 1 is 1.08 bits per heavy atom. The van der Waals surface area contributed by atoms with E-state index in [1.165, 1.54) is 37.1 Å². The van der Waals surface area contributed by atoms with Crippen LogP contribution in [0.25, 0.3) is 6.08 Å². The quantitative estimate of drug-likeness (QED) is 0.209. The van der Waals surface area contributed by atoms with Crippen molar-refractivity contribution >= 4 is 40.3 Å². The van der Waals surface area contributed by atoms with E-state index in [2.05, 4.69) is 4.99 Å². The van der Waals surface area contributed by atoms with Crippen LogP contribution in [0.1, 0.15) is 23.6 Å². The zero-order valence-corrected chi connectivity index (χ0v) is 21.0. The lowest BCUT2D eigenvalue weighted by Crippen LogP contribution is -2.28. The first kappa shape index (κ1) is 25.0. The SMILES string of the molecule is CCN1C(=O)/C(=C\c2cc(OC)c(OCc3ccccc3)cc2[N+](=O)[O-])SC1=Nc1ccc(C)cc1. The van der Waals surface area contributed by atoms with Gasteiger partial charge in [0, 0.05) is 6.54 Å². The zero-order chi connectivity index (χ0) is 25.7. The molecule has 3 aromatic carbocycles. The number of nitro groups is 1. The van der Waals surface area contributed by atoms with Crippen molar-refractivity contribution in [2.75, 3.05) is 13.7 Å². The number of aliphatic imine (C=N–C) groups is 1. The molecule has 8 nitrogen and oxygen atoms in total. The maximum Gasteiger partial charge on any atom is 0.280 e. The van der Waals surface area contributed by atoms with Crippen LogP contribution in [0, 0.1) is 17.0 Å². The van der Waals surface area contributed by atoms with E-state index in [1.54, 1.807) is 4.90 Å². The third-order valence-corrected chi connectivity index (χ3v) is 6.50. The first-order chi connectivity index (χ1) is 17.4. The molecular weight excluding hydrogens is 478 g/mol. The number of methoxy groups -OCH3 is 1. The van der Waals surface area contributed by atoms with Crippen LogP contribution in [-0.2, 0) is 11.4 Å². The van der Waals surface area contributed by atoms with Crippen LogP contribution in [0.3, 0.4) is 0 Å². The van der Waals surface area contributed by atoms with Gasteiger partial charge in [0.15, 0.2) is 16.7 Å². The second-order valence-electron chi connectivity index (χ2n) is 7.98. The molecule has 0 unspecified atom stereocenters. The standard InChI is InChI=1S/C27H25N3O5S/c1-4-29-26(31)25(36-27(29)28-21-12-10-18(2)11-13-21)15-20-14-23(34-3)24(16-22(20)30(32)33)35-17-19-8-6-5-7-9-19/h5-16H,4,17H2,1-3H3/b25-15+,28-27?. The summed E-state index contributed by atoms with van der Waals surface area (Å²) in [7, 11) is 1.47. The van der Waals surface area contributed by atoms with Gasteiger partial charge in [0.1, 0.15) is 6.61 Å². The number of ether oxygens (including phenoxy) is 2. The Morgan fingerprint density at radius 2 is 1.81 bits per heavy atom. The summed E-state index contributed by atoms with van der Waals surface area (Å²) in [6, 6.07) is 20.0. The summed E-state index contributed by atoms with van der Waals surface area (Å²) < 4.78 is 11.3. The van der Waals surface area contributed by atoms with E-state index in [0.29, 0.717) is 22.4 Å².